The van der Waals surface area contributed by atoms with Crippen molar-refractivity contribution in [3.05, 3.63) is 0 Å². The molecule has 3 N–H and O–H groups in total. The fourth-order valence-electron chi connectivity index (χ4n) is 1.91. The van der Waals surface area contributed by atoms with E-state index in [1.807, 2.05) is 0 Å². The second kappa shape index (κ2) is 5.61. The number of hydrogen-bond acceptors (Lipinski definition) is 3. The molecule has 0 aromatic carbocycles. The Morgan fingerprint density at radius 2 is 2.36 bits per heavy atom. The van der Waals surface area contributed by atoms with Crippen LogP contribution in [0.4, 0.5) is 0 Å². The van der Waals surface area contributed by atoms with Crippen LogP contribution >= 0.6 is 0 Å². The Morgan fingerprint density at radius 1 is 1.57 bits per heavy atom. The van der Waals surface area contributed by atoms with E-state index >= 15 is 0 Å². The molecule has 2 atom stereocenters. The zero-order valence-corrected chi connectivity index (χ0v) is 8.33. The molecule has 1 saturated carbocycles. The molecule has 1 amide bonds. The number of nitrogens with two attached hydrogens (primary N) is 1. The predicted octanol–water partition coefficient (Wildman–Crippen LogP) is 0.534. The minimum Gasteiger partial charge on any atom is -0.370 e. The number of nitrogens with one attached hydrogen (secondary N) is 1. The van der Waals surface area contributed by atoms with Gasteiger partial charge < -0.3 is 11.1 Å². The van der Waals surface area contributed by atoms with Crippen LogP contribution in [0.1, 0.15) is 32.1 Å². The van der Waals surface area contributed by atoms with E-state index in [4.69, 9.17) is 11.0 Å². The number of amides is 1. The normalized spacial score (nSPS) is 25.9. The van der Waals surface area contributed by atoms with Crippen LogP contribution in [0.15, 0.2) is 0 Å². The maximum Gasteiger partial charge on any atom is 0.217 e. The number of carbonyl (C=O) groups is 1. The van der Waals surface area contributed by atoms with Crippen LogP contribution in [-0.2, 0) is 4.79 Å². The Hall–Kier alpha value is -1.08. The van der Waals surface area contributed by atoms with Crippen LogP contribution in [-0.4, -0.2) is 18.5 Å². The molecule has 14 heavy (non-hydrogen) atoms. The van der Waals surface area contributed by atoms with E-state index in [2.05, 4.69) is 11.4 Å². The lowest BCUT2D eigenvalue weighted by Crippen LogP contribution is -2.32. The third-order valence-corrected chi connectivity index (χ3v) is 2.69. The molecule has 4 nitrogen and oxygen atoms in total. The zero-order valence-electron chi connectivity index (χ0n) is 8.33. The first-order valence-corrected chi connectivity index (χ1v) is 5.15. The average Bonchev–Trinajstić information content (AvgIpc) is 2.59. The van der Waals surface area contributed by atoms with Crippen molar-refractivity contribution in [3.63, 3.8) is 0 Å². The van der Waals surface area contributed by atoms with Gasteiger partial charge in [-0.3, -0.25) is 4.79 Å². The van der Waals surface area contributed by atoms with E-state index in [-0.39, 0.29) is 11.8 Å². The van der Waals surface area contributed by atoms with Gasteiger partial charge in [-0.1, -0.05) is 6.42 Å². The van der Waals surface area contributed by atoms with E-state index in [0.717, 1.165) is 32.2 Å². The molecule has 0 bridgehead atoms. The van der Waals surface area contributed by atoms with Gasteiger partial charge in [0.05, 0.1) is 12.0 Å². The molecule has 0 aliphatic heterocycles. The summed E-state index contributed by atoms with van der Waals surface area (Å²) in [6, 6.07) is 2.64. The molecule has 1 rings (SSSR count). The van der Waals surface area contributed by atoms with Gasteiger partial charge in [-0.15, -0.1) is 0 Å². The Labute approximate surface area is 84.5 Å². The van der Waals surface area contributed by atoms with Gasteiger partial charge in [-0.2, -0.15) is 5.26 Å². The van der Waals surface area contributed by atoms with Crippen LogP contribution in [0.2, 0.25) is 0 Å². The second-order valence-electron chi connectivity index (χ2n) is 3.80. The van der Waals surface area contributed by atoms with E-state index in [1.54, 1.807) is 0 Å². The first-order chi connectivity index (χ1) is 6.74. The molecule has 0 saturated heterocycles. The lowest BCUT2D eigenvalue weighted by molar-refractivity contribution is -0.118. The number of nitriles is 1. The van der Waals surface area contributed by atoms with Crippen molar-refractivity contribution in [2.45, 2.75) is 38.1 Å². The van der Waals surface area contributed by atoms with Crippen molar-refractivity contribution in [2.24, 2.45) is 11.7 Å². The number of carbonyl (C=O) groups excluding carboxylic acids is 1. The molecule has 4 heteroatoms. The quantitative estimate of drug-likeness (QED) is 0.628. The van der Waals surface area contributed by atoms with Crippen molar-refractivity contribution >= 4 is 5.91 Å². The van der Waals surface area contributed by atoms with Crippen LogP contribution in [0.25, 0.3) is 0 Å². The molecule has 2 unspecified atom stereocenters. The minimum atomic E-state index is -0.255. The van der Waals surface area contributed by atoms with Crippen LogP contribution in [0, 0.1) is 17.2 Å². The topological polar surface area (TPSA) is 78.9 Å². The zero-order chi connectivity index (χ0) is 10.4. The Morgan fingerprint density at radius 3 is 3.00 bits per heavy atom. The van der Waals surface area contributed by atoms with Gasteiger partial charge in [0.25, 0.3) is 0 Å². The van der Waals surface area contributed by atoms with Gasteiger partial charge in [-0.25, -0.2) is 0 Å². The molecule has 1 aliphatic carbocycles. The summed E-state index contributed by atoms with van der Waals surface area (Å²) in [4.78, 5) is 10.5. The van der Waals surface area contributed by atoms with Gasteiger partial charge in [0, 0.05) is 12.5 Å². The SMILES string of the molecule is N#CC1CCCC1NCCCC(N)=O. The summed E-state index contributed by atoms with van der Waals surface area (Å²) in [5.41, 5.74) is 5.02. The first-order valence-electron chi connectivity index (χ1n) is 5.15. The number of nitrogens with zero attached hydrogens (tertiary/aromatic N) is 1. The van der Waals surface area contributed by atoms with Crippen LogP contribution < -0.4 is 11.1 Å². The van der Waals surface area contributed by atoms with E-state index < -0.39 is 0 Å². The van der Waals surface area contributed by atoms with Crippen molar-refractivity contribution in [1.29, 1.82) is 5.26 Å². The lowest BCUT2D eigenvalue weighted by atomic mass is 10.1. The van der Waals surface area contributed by atoms with Crippen LogP contribution in [0.3, 0.4) is 0 Å². The molecule has 1 fully saturated rings. The summed E-state index contributed by atoms with van der Waals surface area (Å²) in [7, 11) is 0. The van der Waals surface area contributed by atoms with E-state index in [1.165, 1.54) is 0 Å². The molecule has 0 heterocycles. The molecule has 0 radical (unpaired) electrons. The highest BCUT2D eigenvalue weighted by molar-refractivity contribution is 5.73. The summed E-state index contributed by atoms with van der Waals surface area (Å²) < 4.78 is 0. The first kappa shape index (κ1) is 11.0. The highest BCUT2D eigenvalue weighted by Gasteiger charge is 2.25. The molecule has 0 aromatic heterocycles. The standard InChI is InChI=1S/C10H17N3O/c11-7-8-3-1-4-9(8)13-6-2-5-10(12)14/h8-9,13H,1-6H2,(H2,12,14). The predicted molar refractivity (Wildman–Crippen MR) is 53.2 cm³/mol. The number of rotatable bonds is 5. The second-order valence-corrected chi connectivity index (χ2v) is 3.80. The van der Waals surface area contributed by atoms with Gasteiger partial charge in [-0.05, 0) is 25.8 Å². The van der Waals surface area contributed by atoms with Crippen molar-refractivity contribution in [2.75, 3.05) is 6.54 Å². The van der Waals surface area contributed by atoms with Gasteiger partial charge in [0.2, 0.25) is 5.91 Å². The Bertz CT molecular complexity index is 234. The molecular formula is C10H17N3O. The smallest absolute Gasteiger partial charge is 0.217 e. The molecule has 0 aromatic rings. The maximum absolute atomic E-state index is 10.5. The molecular weight excluding hydrogens is 178 g/mol. The maximum atomic E-state index is 10.5. The molecule has 1 aliphatic rings. The summed E-state index contributed by atoms with van der Waals surface area (Å²) in [5, 5.41) is 12.1. The van der Waals surface area contributed by atoms with Crippen molar-refractivity contribution in [3.8, 4) is 6.07 Å². The Balaban J connectivity index is 2.12. The summed E-state index contributed by atoms with van der Waals surface area (Å²) >= 11 is 0. The monoisotopic (exact) mass is 195 g/mol. The largest absolute Gasteiger partial charge is 0.370 e. The average molecular weight is 195 g/mol. The van der Waals surface area contributed by atoms with Crippen molar-refractivity contribution in [1.82, 2.24) is 5.32 Å². The third-order valence-electron chi connectivity index (χ3n) is 2.69. The molecule has 0 spiro atoms. The van der Waals surface area contributed by atoms with Gasteiger partial charge >= 0.3 is 0 Å². The molecule has 78 valence electrons. The van der Waals surface area contributed by atoms with Crippen molar-refractivity contribution < 1.29 is 4.79 Å². The van der Waals surface area contributed by atoms with Gasteiger partial charge in [0.1, 0.15) is 0 Å². The highest BCUT2D eigenvalue weighted by atomic mass is 16.1. The van der Waals surface area contributed by atoms with Crippen LogP contribution in [0.5, 0.6) is 0 Å². The fraction of sp³-hybridized carbons (Fsp3) is 0.800. The summed E-state index contributed by atoms with van der Waals surface area (Å²) in [6.45, 7) is 0.784. The highest BCUT2D eigenvalue weighted by Crippen LogP contribution is 2.24. The third kappa shape index (κ3) is 3.35. The Kier molecular flexibility index (Phi) is 4.41. The van der Waals surface area contributed by atoms with E-state index in [9.17, 15) is 4.79 Å². The summed E-state index contributed by atoms with van der Waals surface area (Å²) in [6.07, 6.45) is 4.41. The minimum absolute atomic E-state index is 0.156. The summed E-state index contributed by atoms with van der Waals surface area (Å²) in [5.74, 6) is -0.0985. The number of primary amides is 1. The van der Waals surface area contributed by atoms with E-state index in [0.29, 0.717) is 12.5 Å². The fourth-order valence-corrected chi connectivity index (χ4v) is 1.91. The number of hydrogen-bond donors (Lipinski definition) is 2. The van der Waals surface area contributed by atoms with Gasteiger partial charge in [0.15, 0.2) is 0 Å². The lowest BCUT2D eigenvalue weighted by Gasteiger charge is -2.14.